The number of benzene rings is 2. The van der Waals surface area contributed by atoms with Gasteiger partial charge in [-0.2, -0.15) is 0 Å². The molecule has 0 aliphatic carbocycles. The zero-order valence-corrected chi connectivity index (χ0v) is 16.5. The van der Waals surface area contributed by atoms with Gasteiger partial charge >= 0.3 is 0 Å². The normalized spacial score (nSPS) is 16.9. The number of nitrogens with one attached hydrogen (secondary N) is 1. The molecule has 0 radical (unpaired) electrons. The molecule has 0 aromatic heterocycles. The standard InChI is InChI=1S/C20H24BrN3O2/c1-25-18-8-6-17(7-9-18)24-19(22)23-14-20(10-12-26-13-11-20)15-2-4-16(21)5-3-15/h2-9H,10-14H2,1H3,(H3,22,23,24). The van der Waals surface area contributed by atoms with Gasteiger partial charge in [0, 0.05) is 28.8 Å². The smallest absolute Gasteiger partial charge is 0.193 e. The van der Waals surface area contributed by atoms with Crippen LogP contribution in [-0.4, -0.2) is 32.8 Å². The monoisotopic (exact) mass is 417 g/mol. The first kappa shape index (κ1) is 18.7. The molecule has 138 valence electrons. The van der Waals surface area contributed by atoms with Crippen LogP contribution in [0.5, 0.6) is 5.75 Å². The molecule has 0 unspecified atom stereocenters. The largest absolute Gasteiger partial charge is 0.497 e. The van der Waals surface area contributed by atoms with Crippen LogP contribution < -0.4 is 15.8 Å². The molecule has 26 heavy (non-hydrogen) atoms. The van der Waals surface area contributed by atoms with Crippen molar-refractivity contribution in [3.05, 3.63) is 58.6 Å². The highest BCUT2D eigenvalue weighted by molar-refractivity contribution is 9.10. The van der Waals surface area contributed by atoms with E-state index in [1.807, 2.05) is 24.3 Å². The van der Waals surface area contributed by atoms with Crippen LogP contribution in [0.2, 0.25) is 0 Å². The van der Waals surface area contributed by atoms with Crippen molar-refractivity contribution in [2.45, 2.75) is 18.3 Å². The van der Waals surface area contributed by atoms with Gasteiger partial charge in [-0.3, -0.25) is 4.99 Å². The zero-order valence-electron chi connectivity index (χ0n) is 14.9. The number of hydrogen-bond acceptors (Lipinski definition) is 3. The summed E-state index contributed by atoms with van der Waals surface area (Å²) in [4.78, 5) is 4.64. The molecule has 1 aliphatic heterocycles. The van der Waals surface area contributed by atoms with E-state index >= 15 is 0 Å². The lowest BCUT2D eigenvalue weighted by molar-refractivity contribution is 0.0531. The lowest BCUT2D eigenvalue weighted by Gasteiger charge is -2.36. The minimum Gasteiger partial charge on any atom is -0.497 e. The van der Waals surface area contributed by atoms with Crippen LogP contribution in [0.25, 0.3) is 0 Å². The second-order valence-electron chi connectivity index (χ2n) is 6.45. The molecule has 1 heterocycles. The van der Waals surface area contributed by atoms with Gasteiger partial charge in [0.15, 0.2) is 5.96 Å². The molecule has 0 bridgehead atoms. The number of anilines is 1. The molecule has 1 fully saturated rings. The van der Waals surface area contributed by atoms with Crippen LogP contribution in [-0.2, 0) is 10.2 Å². The second-order valence-corrected chi connectivity index (χ2v) is 7.37. The second kappa shape index (κ2) is 8.56. The number of ether oxygens (including phenoxy) is 2. The van der Waals surface area contributed by atoms with E-state index < -0.39 is 0 Å². The summed E-state index contributed by atoms with van der Waals surface area (Å²) in [5, 5.41) is 3.14. The van der Waals surface area contributed by atoms with Crippen LogP contribution in [0.15, 0.2) is 58.0 Å². The Morgan fingerprint density at radius 3 is 2.42 bits per heavy atom. The molecule has 3 N–H and O–H groups in total. The van der Waals surface area contributed by atoms with Crippen LogP contribution in [0, 0.1) is 0 Å². The molecule has 0 amide bonds. The summed E-state index contributed by atoms with van der Waals surface area (Å²) in [5.41, 5.74) is 8.26. The number of guanidine groups is 1. The van der Waals surface area contributed by atoms with E-state index in [-0.39, 0.29) is 5.41 Å². The first-order chi connectivity index (χ1) is 12.6. The molecule has 1 saturated heterocycles. The minimum atomic E-state index is -0.0365. The molecule has 0 saturated carbocycles. The first-order valence-corrected chi connectivity index (χ1v) is 9.45. The van der Waals surface area contributed by atoms with Crippen LogP contribution in [0.4, 0.5) is 5.69 Å². The molecule has 2 aromatic carbocycles. The van der Waals surface area contributed by atoms with Gasteiger partial charge in [-0.15, -0.1) is 0 Å². The van der Waals surface area contributed by atoms with Crippen LogP contribution in [0.1, 0.15) is 18.4 Å². The Bertz CT molecular complexity index is 739. The van der Waals surface area contributed by atoms with Crippen molar-refractivity contribution < 1.29 is 9.47 Å². The van der Waals surface area contributed by atoms with Gasteiger partial charge in [0.2, 0.25) is 0 Å². The lowest BCUT2D eigenvalue weighted by atomic mass is 9.74. The maximum Gasteiger partial charge on any atom is 0.193 e. The fourth-order valence-electron chi connectivity index (χ4n) is 3.20. The van der Waals surface area contributed by atoms with E-state index in [1.54, 1.807) is 7.11 Å². The third kappa shape index (κ3) is 4.56. The highest BCUT2D eigenvalue weighted by atomic mass is 79.9. The van der Waals surface area contributed by atoms with Crippen molar-refractivity contribution in [3.63, 3.8) is 0 Å². The van der Waals surface area contributed by atoms with Gasteiger partial charge < -0.3 is 20.5 Å². The lowest BCUT2D eigenvalue weighted by Crippen LogP contribution is -2.38. The minimum absolute atomic E-state index is 0.0365. The molecule has 0 atom stereocenters. The summed E-state index contributed by atoms with van der Waals surface area (Å²) >= 11 is 3.51. The molecule has 2 aromatic rings. The number of rotatable bonds is 5. The average molecular weight is 418 g/mol. The maximum atomic E-state index is 6.12. The molecule has 1 aliphatic rings. The Morgan fingerprint density at radius 1 is 1.15 bits per heavy atom. The Labute approximate surface area is 162 Å². The van der Waals surface area contributed by atoms with E-state index in [1.165, 1.54) is 5.56 Å². The van der Waals surface area contributed by atoms with Gasteiger partial charge in [0.25, 0.3) is 0 Å². The first-order valence-electron chi connectivity index (χ1n) is 8.66. The quantitative estimate of drug-likeness (QED) is 0.570. The summed E-state index contributed by atoms with van der Waals surface area (Å²) in [5.74, 6) is 1.22. The average Bonchev–Trinajstić information content (AvgIpc) is 2.68. The molecule has 6 heteroatoms. The van der Waals surface area contributed by atoms with Crippen molar-refractivity contribution in [1.29, 1.82) is 0 Å². The van der Waals surface area contributed by atoms with Crippen molar-refractivity contribution in [3.8, 4) is 5.75 Å². The summed E-state index contributed by atoms with van der Waals surface area (Å²) in [6.45, 7) is 2.13. The summed E-state index contributed by atoms with van der Waals surface area (Å²) < 4.78 is 11.8. The Balaban J connectivity index is 1.73. The molecule has 5 nitrogen and oxygen atoms in total. The van der Waals surface area contributed by atoms with E-state index in [9.17, 15) is 0 Å². The van der Waals surface area contributed by atoms with Gasteiger partial charge in [-0.05, 0) is 54.8 Å². The Kier molecular flexibility index (Phi) is 6.16. The predicted octanol–water partition coefficient (Wildman–Crippen LogP) is 3.93. The van der Waals surface area contributed by atoms with Gasteiger partial charge in [-0.1, -0.05) is 28.1 Å². The number of methoxy groups -OCH3 is 1. The number of nitrogens with two attached hydrogens (primary N) is 1. The fraction of sp³-hybridized carbons (Fsp3) is 0.350. The summed E-state index contributed by atoms with van der Waals surface area (Å²) in [6, 6.07) is 16.1. The number of nitrogens with zero attached hydrogens (tertiary/aromatic N) is 1. The zero-order chi connectivity index (χ0) is 18.4. The van der Waals surface area contributed by atoms with Crippen molar-refractivity contribution in [1.82, 2.24) is 0 Å². The summed E-state index contributed by atoms with van der Waals surface area (Å²) in [6.07, 6.45) is 1.88. The number of halogens is 1. The van der Waals surface area contributed by atoms with Crippen molar-refractivity contribution in [2.75, 3.05) is 32.2 Å². The highest BCUT2D eigenvalue weighted by Crippen LogP contribution is 2.35. The molecular weight excluding hydrogens is 394 g/mol. The van der Waals surface area contributed by atoms with Crippen LogP contribution >= 0.6 is 15.9 Å². The third-order valence-corrected chi connectivity index (χ3v) is 5.35. The van der Waals surface area contributed by atoms with E-state index in [2.05, 4.69) is 50.5 Å². The van der Waals surface area contributed by atoms with E-state index in [0.29, 0.717) is 12.5 Å². The molecule has 0 spiro atoms. The molecule has 3 rings (SSSR count). The van der Waals surface area contributed by atoms with Crippen molar-refractivity contribution in [2.24, 2.45) is 10.7 Å². The van der Waals surface area contributed by atoms with Gasteiger partial charge in [-0.25, -0.2) is 0 Å². The van der Waals surface area contributed by atoms with Crippen LogP contribution in [0.3, 0.4) is 0 Å². The van der Waals surface area contributed by atoms with Crippen molar-refractivity contribution >= 4 is 27.6 Å². The number of hydrogen-bond donors (Lipinski definition) is 2. The SMILES string of the molecule is COc1ccc(NC(N)=NCC2(c3ccc(Br)cc3)CCOCC2)cc1. The predicted molar refractivity (Wildman–Crippen MR) is 109 cm³/mol. The maximum absolute atomic E-state index is 6.12. The Morgan fingerprint density at radius 2 is 1.81 bits per heavy atom. The highest BCUT2D eigenvalue weighted by Gasteiger charge is 2.34. The molecular formula is C20H24BrN3O2. The van der Waals surface area contributed by atoms with Gasteiger partial charge in [0.1, 0.15) is 5.75 Å². The third-order valence-electron chi connectivity index (χ3n) is 4.82. The van der Waals surface area contributed by atoms with E-state index in [4.69, 9.17) is 15.2 Å². The van der Waals surface area contributed by atoms with E-state index in [0.717, 1.165) is 42.0 Å². The van der Waals surface area contributed by atoms with Gasteiger partial charge in [0.05, 0.1) is 13.7 Å². The Hall–Kier alpha value is -2.05. The topological polar surface area (TPSA) is 68.9 Å². The fourth-order valence-corrected chi connectivity index (χ4v) is 3.47. The summed E-state index contributed by atoms with van der Waals surface area (Å²) in [7, 11) is 1.65. The number of aliphatic imine (C=N–C) groups is 1.